The molecule has 1 saturated heterocycles. The highest BCUT2D eigenvalue weighted by atomic mass is 16.2. The lowest BCUT2D eigenvalue weighted by atomic mass is 10.2. The molecule has 0 aromatic carbocycles. The average molecular weight is 211 g/mol. The summed E-state index contributed by atoms with van der Waals surface area (Å²) in [5.41, 5.74) is 0. The smallest absolute Gasteiger partial charge is 0.237 e. The molecule has 2 N–H and O–H groups in total. The zero-order valence-electron chi connectivity index (χ0n) is 9.62. The van der Waals surface area contributed by atoms with Gasteiger partial charge in [0.2, 0.25) is 5.91 Å². The Morgan fingerprint density at radius 3 is 2.60 bits per heavy atom. The van der Waals surface area contributed by atoms with E-state index in [1.54, 1.807) is 0 Å². The highest BCUT2D eigenvalue weighted by Gasteiger charge is 2.31. The van der Waals surface area contributed by atoms with Gasteiger partial charge in [-0.05, 0) is 33.2 Å². The molecule has 4 nitrogen and oxygen atoms in total. The normalized spacial score (nSPS) is 29.1. The Morgan fingerprint density at radius 1 is 1.33 bits per heavy atom. The summed E-state index contributed by atoms with van der Waals surface area (Å²) in [7, 11) is 1.99. The van der Waals surface area contributed by atoms with Crippen molar-refractivity contribution in [1.82, 2.24) is 15.5 Å². The van der Waals surface area contributed by atoms with Crippen LogP contribution in [0.1, 0.15) is 26.2 Å². The molecule has 0 bridgehead atoms. The molecule has 4 heteroatoms. The summed E-state index contributed by atoms with van der Waals surface area (Å²) >= 11 is 0. The van der Waals surface area contributed by atoms with Crippen molar-refractivity contribution < 1.29 is 4.79 Å². The minimum absolute atomic E-state index is 0.0314. The van der Waals surface area contributed by atoms with Crippen molar-refractivity contribution in [2.75, 3.05) is 20.1 Å². The molecule has 15 heavy (non-hydrogen) atoms. The van der Waals surface area contributed by atoms with Crippen LogP contribution in [-0.4, -0.2) is 49.1 Å². The number of rotatable bonds is 4. The lowest BCUT2D eigenvalue weighted by molar-refractivity contribution is -0.125. The van der Waals surface area contributed by atoms with Gasteiger partial charge in [0.1, 0.15) is 0 Å². The van der Waals surface area contributed by atoms with E-state index in [-0.39, 0.29) is 11.9 Å². The summed E-state index contributed by atoms with van der Waals surface area (Å²) in [6.45, 7) is 4.04. The van der Waals surface area contributed by atoms with Gasteiger partial charge in [-0.3, -0.25) is 9.69 Å². The van der Waals surface area contributed by atoms with Crippen LogP contribution in [0.15, 0.2) is 0 Å². The number of hydrogen-bond acceptors (Lipinski definition) is 3. The van der Waals surface area contributed by atoms with Crippen LogP contribution in [0.25, 0.3) is 0 Å². The Bertz CT molecular complexity index is 240. The fourth-order valence-corrected chi connectivity index (χ4v) is 2.09. The number of nitrogens with one attached hydrogen (secondary N) is 2. The molecule has 0 radical (unpaired) electrons. The zero-order chi connectivity index (χ0) is 10.8. The Kier molecular flexibility index (Phi) is 3.26. The molecule has 2 rings (SSSR count). The maximum atomic E-state index is 11.8. The van der Waals surface area contributed by atoms with E-state index in [0.29, 0.717) is 12.1 Å². The fraction of sp³-hybridized carbons (Fsp3) is 0.909. The van der Waals surface area contributed by atoms with E-state index in [2.05, 4.69) is 15.5 Å². The van der Waals surface area contributed by atoms with Gasteiger partial charge in [-0.2, -0.15) is 0 Å². The van der Waals surface area contributed by atoms with Crippen LogP contribution in [0, 0.1) is 0 Å². The van der Waals surface area contributed by atoms with Gasteiger partial charge in [-0.25, -0.2) is 0 Å². The van der Waals surface area contributed by atoms with Crippen molar-refractivity contribution in [2.24, 2.45) is 0 Å². The van der Waals surface area contributed by atoms with Crippen LogP contribution in [0.5, 0.6) is 0 Å². The summed E-state index contributed by atoms with van der Waals surface area (Å²) < 4.78 is 0. The van der Waals surface area contributed by atoms with E-state index in [1.807, 2.05) is 14.0 Å². The van der Waals surface area contributed by atoms with Crippen LogP contribution in [0.3, 0.4) is 0 Å². The van der Waals surface area contributed by atoms with Gasteiger partial charge in [0.25, 0.3) is 0 Å². The molecule has 2 aliphatic rings. The first kappa shape index (κ1) is 10.9. The maximum absolute atomic E-state index is 11.8. The molecule has 1 heterocycles. The van der Waals surface area contributed by atoms with Crippen LogP contribution >= 0.6 is 0 Å². The highest BCUT2D eigenvalue weighted by Crippen LogP contribution is 2.19. The number of amides is 1. The van der Waals surface area contributed by atoms with Gasteiger partial charge in [0.15, 0.2) is 0 Å². The lowest BCUT2D eigenvalue weighted by Gasteiger charge is -2.23. The molecule has 1 aliphatic heterocycles. The third kappa shape index (κ3) is 2.69. The molecule has 1 saturated carbocycles. The van der Waals surface area contributed by atoms with Crippen molar-refractivity contribution in [1.29, 1.82) is 0 Å². The standard InChI is InChI=1S/C11H21N3O/c1-8(11(15)13-9-3-4-9)14-6-5-10(7-14)12-2/h8-10,12H,3-7H2,1-2H3,(H,13,15). The molecule has 86 valence electrons. The number of nitrogens with zero attached hydrogens (tertiary/aromatic N) is 1. The van der Waals surface area contributed by atoms with Crippen LogP contribution < -0.4 is 10.6 Å². The summed E-state index contributed by atoms with van der Waals surface area (Å²) in [5, 5.41) is 6.33. The second-order valence-electron chi connectivity index (χ2n) is 4.73. The molecule has 2 atom stereocenters. The molecular formula is C11H21N3O. The number of carbonyl (C=O) groups is 1. The third-order valence-electron chi connectivity index (χ3n) is 3.48. The van der Waals surface area contributed by atoms with Gasteiger partial charge in [0.05, 0.1) is 6.04 Å². The highest BCUT2D eigenvalue weighted by molar-refractivity contribution is 5.81. The minimum Gasteiger partial charge on any atom is -0.352 e. The topological polar surface area (TPSA) is 44.4 Å². The van der Waals surface area contributed by atoms with Crippen LogP contribution in [0.4, 0.5) is 0 Å². The molecular weight excluding hydrogens is 190 g/mol. The van der Waals surface area contributed by atoms with E-state index >= 15 is 0 Å². The number of likely N-dealkylation sites (tertiary alicyclic amines) is 1. The maximum Gasteiger partial charge on any atom is 0.237 e. The van der Waals surface area contributed by atoms with Gasteiger partial charge in [0, 0.05) is 25.2 Å². The number of carbonyl (C=O) groups excluding carboxylic acids is 1. The summed E-state index contributed by atoms with van der Waals surface area (Å²) in [6, 6.07) is 1.06. The Morgan fingerprint density at radius 2 is 2.07 bits per heavy atom. The monoisotopic (exact) mass is 211 g/mol. The van der Waals surface area contributed by atoms with Crippen LogP contribution in [0.2, 0.25) is 0 Å². The number of likely N-dealkylation sites (N-methyl/N-ethyl adjacent to an activating group) is 1. The first-order valence-corrected chi connectivity index (χ1v) is 5.92. The number of hydrogen-bond donors (Lipinski definition) is 2. The van der Waals surface area contributed by atoms with Gasteiger partial charge < -0.3 is 10.6 Å². The predicted molar refractivity (Wildman–Crippen MR) is 59.7 cm³/mol. The van der Waals surface area contributed by atoms with Crippen LogP contribution in [-0.2, 0) is 4.79 Å². The minimum atomic E-state index is 0.0314. The van der Waals surface area contributed by atoms with E-state index < -0.39 is 0 Å². The van der Waals surface area contributed by atoms with Gasteiger partial charge in [-0.1, -0.05) is 0 Å². The largest absolute Gasteiger partial charge is 0.352 e. The molecule has 2 fully saturated rings. The second kappa shape index (κ2) is 4.49. The predicted octanol–water partition coefficient (Wildman–Crippen LogP) is -0.0528. The summed E-state index contributed by atoms with van der Waals surface area (Å²) in [6.07, 6.45) is 3.48. The third-order valence-corrected chi connectivity index (χ3v) is 3.48. The molecule has 0 aromatic rings. The van der Waals surface area contributed by atoms with Gasteiger partial charge >= 0.3 is 0 Å². The summed E-state index contributed by atoms with van der Waals surface area (Å²) in [5.74, 6) is 0.203. The van der Waals surface area contributed by atoms with Crippen molar-refractivity contribution in [3.05, 3.63) is 0 Å². The van der Waals surface area contributed by atoms with Crippen molar-refractivity contribution >= 4 is 5.91 Å². The molecule has 1 aliphatic carbocycles. The second-order valence-corrected chi connectivity index (χ2v) is 4.73. The van der Waals surface area contributed by atoms with Gasteiger partial charge in [-0.15, -0.1) is 0 Å². The molecule has 0 spiro atoms. The Labute approximate surface area is 91.4 Å². The molecule has 0 aromatic heterocycles. The van der Waals surface area contributed by atoms with E-state index in [9.17, 15) is 4.79 Å². The van der Waals surface area contributed by atoms with Crippen molar-refractivity contribution in [3.63, 3.8) is 0 Å². The Balaban J connectivity index is 1.79. The molecule has 2 unspecified atom stereocenters. The van der Waals surface area contributed by atoms with E-state index in [4.69, 9.17) is 0 Å². The zero-order valence-corrected chi connectivity index (χ0v) is 9.62. The Hall–Kier alpha value is -0.610. The van der Waals surface area contributed by atoms with E-state index in [0.717, 1.165) is 32.4 Å². The van der Waals surface area contributed by atoms with Crippen molar-refractivity contribution in [3.8, 4) is 0 Å². The lowest BCUT2D eigenvalue weighted by Crippen LogP contribution is -2.45. The summed E-state index contributed by atoms with van der Waals surface area (Å²) in [4.78, 5) is 14.1. The fourth-order valence-electron chi connectivity index (χ4n) is 2.09. The molecule has 1 amide bonds. The van der Waals surface area contributed by atoms with Crippen molar-refractivity contribution in [2.45, 2.75) is 44.3 Å². The average Bonchev–Trinajstić information content (AvgIpc) is 2.92. The SMILES string of the molecule is CNC1CCN(C(C)C(=O)NC2CC2)C1. The first-order chi connectivity index (χ1) is 7.20. The van der Waals surface area contributed by atoms with E-state index in [1.165, 1.54) is 0 Å². The first-order valence-electron chi connectivity index (χ1n) is 5.92. The quantitative estimate of drug-likeness (QED) is 0.685.